The lowest BCUT2D eigenvalue weighted by atomic mass is 9.96. The molecule has 3 heterocycles. The van der Waals surface area contributed by atoms with E-state index >= 15 is 0 Å². The molecule has 4 rings (SSSR count). The molecule has 1 aliphatic rings. The molecule has 2 aromatic heterocycles. The minimum Gasteiger partial charge on any atom is -0.485 e. The van der Waals surface area contributed by atoms with Gasteiger partial charge in [0.2, 0.25) is 5.91 Å². The zero-order chi connectivity index (χ0) is 19.7. The van der Waals surface area contributed by atoms with Gasteiger partial charge in [-0.1, -0.05) is 6.07 Å². The van der Waals surface area contributed by atoms with Crippen molar-refractivity contribution in [3.8, 4) is 16.9 Å². The Hall–Kier alpha value is -3.41. The van der Waals surface area contributed by atoms with Gasteiger partial charge in [0, 0.05) is 31.4 Å². The number of hydrogen-bond donors (Lipinski definition) is 1. The van der Waals surface area contributed by atoms with Crippen LogP contribution in [0.4, 0.5) is 5.69 Å². The summed E-state index contributed by atoms with van der Waals surface area (Å²) in [5, 5.41) is 2.94. The summed E-state index contributed by atoms with van der Waals surface area (Å²) < 4.78 is 7.62. The summed E-state index contributed by atoms with van der Waals surface area (Å²) in [4.78, 5) is 28.2. The Bertz CT molecular complexity index is 1080. The summed E-state index contributed by atoms with van der Waals surface area (Å²) in [6.45, 7) is 2.11. The second kappa shape index (κ2) is 7.31. The van der Waals surface area contributed by atoms with Crippen molar-refractivity contribution in [2.75, 3.05) is 5.32 Å². The number of rotatable bonds is 4. The number of nitrogens with zero attached hydrogens (tertiary/aromatic N) is 2. The van der Waals surface area contributed by atoms with Crippen LogP contribution in [0.25, 0.3) is 11.1 Å². The van der Waals surface area contributed by atoms with Crippen LogP contribution < -0.4 is 15.6 Å². The summed E-state index contributed by atoms with van der Waals surface area (Å²) in [5.74, 6) is 0.596. The monoisotopic (exact) mass is 375 g/mol. The van der Waals surface area contributed by atoms with E-state index in [9.17, 15) is 9.59 Å². The average Bonchev–Trinajstić information content (AvgIpc) is 2.70. The number of hydrogen-bond acceptors (Lipinski definition) is 4. The van der Waals surface area contributed by atoms with Crippen molar-refractivity contribution in [2.45, 2.75) is 26.4 Å². The molecule has 1 aliphatic heterocycles. The van der Waals surface area contributed by atoms with Gasteiger partial charge in [0.1, 0.15) is 12.4 Å². The molecular formula is C22H21N3O3. The van der Waals surface area contributed by atoms with Gasteiger partial charge in [0.15, 0.2) is 0 Å². The molecule has 1 N–H and O–H groups in total. The highest BCUT2D eigenvalue weighted by molar-refractivity contribution is 5.96. The summed E-state index contributed by atoms with van der Waals surface area (Å²) in [6.07, 6.45) is 4.64. The van der Waals surface area contributed by atoms with Crippen molar-refractivity contribution in [1.82, 2.24) is 9.55 Å². The zero-order valence-corrected chi connectivity index (χ0v) is 15.9. The first-order chi connectivity index (χ1) is 13.5. The highest BCUT2D eigenvalue weighted by Crippen LogP contribution is 2.37. The molecule has 0 atom stereocenters. The minimum atomic E-state index is -0.0133. The number of amides is 1. The van der Waals surface area contributed by atoms with Gasteiger partial charge in [-0.25, -0.2) is 0 Å². The lowest BCUT2D eigenvalue weighted by Gasteiger charge is -2.22. The quantitative estimate of drug-likeness (QED) is 0.760. The van der Waals surface area contributed by atoms with Crippen molar-refractivity contribution >= 4 is 11.6 Å². The highest BCUT2D eigenvalue weighted by Gasteiger charge is 2.21. The molecule has 1 amide bonds. The number of pyridine rings is 2. The number of anilines is 1. The Morgan fingerprint density at radius 3 is 2.75 bits per heavy atom. The first kappa shape index (κ1) is 18.0. The summed E-state index contributed by atoms with van der Waals surface area (Å²) in [6, 6.07) is 11.5. The standard InChI is InChI=1S/C22H21N3O3/c1-14-9-17(12-25(2)22(14)27)16-10-15-6-7-20(26)24-21(15)19(11-16)28-13-18-5-3-4-8-23-18/h3-5,8-12H,6-7,13H2,1-2H3,(H,24,26). The fourth-order valence-electron chi connectivity index (χ4n) is 3.41. The first-order valence-electron chi connectivity index (χ1n) is 9.18. The van der Waals surface area contributed by atoms with E-state index in [0.717, 1.165) is 28.1 Å². The van der Waals surface area contributed by atoms with E-state index in [1.54, 1.807) is 17.8 Å². The van der Waals surface area contributed by atoms with Crippen LogP contribution in [0.3, 0.4) is 0 Å². The largest absolute Gasteiger partial charge is 0.485 e. The first-order valence-corrected chi connectivity index (χ1v) is 9.18. The molecule has 0 unspecified atom stereocenters. The second-order valence-electron chi connectivity index (χ2n) is 6.99. The molecule has 0 aliphatic carbocycles. The summed E-state index contributed by atoms with van der Waals surface area (Å²) in [5.41, 5.74) is 5.10. The Balaban J connectivity index is 1.76. The third kappa shape index (κ3) is 3.53. The fraction of sp³-hybridized carbons (Fsp3) is 0.227. The predicted molar refractivity (Wildman–Crippen MR) is 107 cm³/mol. The summed E-state index contributed by atoms with van der Waals surface area (Å²) >= 11 is 0. The lowest BCUT2D eigenvalue weighted by molar-refractivity contribution is -0.116. The molecule has 3 aromatic rings. The van der Waals surface area contributed by atoms with Crippen molar-refractivity contribution in [3.63, 3.8) is 0 Å². The van der Waals surface area contributed by atoms with Crippen LogP contribution in [-0.4, -0.2) is 15.5 Å². The normalized spacial score (nSPS) is 13.0. The Labute approximate surface area is 162 Å². The predicted octanol–water partition coefficient (Wildman–Crippen LogP) is 3.22. The SMILES string of the molecule is Cc1cc(-c2cc3c(c(OCc4ccccn4)c2)NC(=O)CC3)cn(C)c1=O. The highest BCUT2D eigenvalue weighted by atomic mass is 16.5. The molecular weight excluding hydrogens is 354 g/mol. The maximum absolute atomic E-state index is 12.0. The summed E-state index contributed by atoms with van der Waals surface area (Å²) in [7, 11) is 1.75. The van der Waals surface area contributed by atoms with Crippen LogP contribution in [0, 0.1) is 6.92 Å². The van der Waals surface area contributed by atoms with Crippen LogP contribution in [0.2, 0.25) is 0 Å². The van der Waals surface area contributed by atoms with Gasteiger partial charge in [-0.15, -0.1) is 0 Å². The molecule has 0 radical (unpaired) electrons. The molecule has 6 heteroatoms. The van der Waals surface area contributed by atoms with Crippen molar-refractivity contribution in [3.05, 3.63) is 76.0 Å². The number of aryl methyl sites for hydroxylation is 3. The number of nitrogens with one attached hydrogen (secondary N) is 1. The number of benzene rings is 1. The number of carbonyl (C=O) groups excluding carboxylic acids is 1. The zero-order valence-electron chi connectivity index (χ0n) is 15.9. The minimum absolute atomic E-state index is 0.0131. The molecule has 0 saturated heterocycles. The van der Waals surface area contributed by atoms with Crippen LogP contribution in [0.1, 0.15) is 23.2 Å². The molecule has 0 fully saturated rings. The fourth-order valence-corrected chi connectivity index (χ4v) is 3.41. The third-order valence-corrected chi connectivity index (χ3v) is 4.87. The van der Waals surface area contributed by atoms with Gasteiger partial charge in [-0.3, -0.25) is 14.6 Å². The van der Waals surface area contributed by atoms with Gasteiger partial charge >= 0.3 is 0 Å². The number of carbonyl (C=O) groups is 1. The van der Waals surface area contributed by atoms with Gasteiger partial charge in [0.05, 0.1) is 11.4 Å². The van der Waals surface area contributed by atoms with Gasteiger partial charge in [-0.05, 0) is 60.4 Å². The Morgan fingerprint density at radius 2 is 2.00 bits per heavy atom. The molecule has 0 spiro atoms. The van der Waals surface area contributed by atoms with E-state index < -0.39 is 0 Å². The van der Waals surface area contributed by atoms with E-state index in [4.69, 9.17) is 4.74 Å². The average molecular weight is 375 g/mol. The maximum atomic E-state index is 12.0. The molecule has 28 heavy (non-hydrogen) atoms. The number of fused-ring (bicyclic) bond motifs is 1. The molecule has 142 valence electrons. The molecule has 6 nitrogen and oxygen atoms in total. The topological polar surface area (TPSA) is 73.2 Å². The van der Waals surface area contributed by atoms with Crippen molar-refractivity contribution in [1.29, 1.82) is 0 Å². The smallest absolute Gasteiger partial charge is 0.253 e. The maximum Gasteiger partial charge on any atom is 0.253 e. The number of aromatic nitrogens is 2. The van der Waals surface area contributed by atoms with Crippen LogP contribution in [0.15, 0.2) is 53.6 Å². The second-order valence-corrected chi connectivity index (χ2v) is 6.99. The van der Waals surface area contributed by atoms with Crippen LogP contribution in [0.5, 0.6) is 5.75 Å². The Kier molecular flexibility index (Phi) is 4.69. The van der Waals surface area contributed by atoms with Crippen LogP contribution >= 0.6 is 0 Å². The molecule has 1 aromatic carbocycles. The molecule has 0 saturated carbocycles. The van der Waals surface area contributed by atoms with Crippen LogP contribution in [-0.2, 0) is 24.9 Å². The van der Waals surface area contributed by atoms with Gasteiger partial charge < -0.3 is 14.6 Å². The van der Waals surface area contributed by atoms with Crippen molar-refractivity contribution in [2.24, 2.45) is 7.05 Å². The van der Waals surface area contributed by atoms with Gasteiger partial charge in [0.25, 0.3) is 5.56 Å². The number of ether oxygens (including phenoxy) is 1. The van der Waals surface area contributed by atoms with E-state index in [-0.39, 0.29) is 11.5 Å². The lowest BCUT2D eigenvalue weighted by Crippen LogP contribution is -2.20. The third-order valence-electron chi connectivity index (χ3n) is 4.87. The van der Waals surface area contributed by atoms with Crippen molar-refractivity contribution < 1.29 is 9.53 Å². The van der Waals surface area contributed by atoms with E-state index in [1.165, 1.54) is 0 Å². The van der Waals surface area contributed by atoms with E-state index in [1.807, 2.05) is 43.5 Å². The molecule has 0 bridgehead atoms. The van der Waals surface area contributed by atoms with Gasteiger partial charge in [-0.2, -0.15) is 0 Å². The van der Waals surface area contributed by atoms with E-state index in [2.05, 4.69) is 16.4 Å². The van der Waals surface area contributed by atoms with E-state index in [0.29, 0.717) is 30.8 Å². The Morgan fingerprint density at radius 1 is 1.14 bits per heavy atom.